The van der Waals surface area contributed by atoms with E-state index in [0.717, 1.165) is 0 Å². The van der Waals surface area contributed by atoms with Gasteiger partial charge in [-0.25, -0.2) is 4.79 Å². The molecule has 1 rings (SSSR count). The number of aliphatic carboxylic acids is 1. The van der Waals surface area contributed by atoms with E-state index in [1.807, 2.05) is 13.8 Å². The van der Waals surface area contributed by atoms with Crippen molar-refractivity contribution in [2.45, 2.75) is 44.8 Å². The summed E-state index contributed by atoms with van der Waals surface area (Å²) in [5.74, 6) is -1.20. The molecule has 1 saturated carbocycles. The molecule has 5 heteroatoms. The molecule has 0 bridgehead atoms. The summed E-state index contributed by atoms with van der Waals surface area (Å²) in [6, 6.07) is 0. The normalized spacial score (nSPS) is 17.5. The van der Waals surface area contributed by atoms with Crippen molar-refractivity contribution in [2.75, 3.05) is 6.61 Å². The molecule has 1 amide bonds. The van der Waals surface area contributed by atoms with Gasteiger partial charge in [0.1, 0.15) is 5.54 Å². The van der Waals surface area contributed by atoms with Crippen LogP contribution in [-0.2, 0) is 14.3 Å². The minimum Gasteiger partial charge on any atom is -0.480 e. The zero-order valence-corrected chi connectivity index (χ0v) is 9.08. The zero-order chi connectivity index (χ0) is 11.5. The highest BCUT2D eigenvalue weighted by Crippen LogP contribution is 2.35. The van der Waals surface area contributed by atoms with Gasteiger partial charge in [-0.3, -0.25) is 4.79 Å². The van der Waals surface area contributed by atoms with Gasteiger partial charge in [-0.2, -0.15) is 0 Å². The van der Waals surface area contributed by atoms with E-state index < -0.39 is 11.5 Å². The number of rotatable bonds is 6. The number of carboxylic acids is 1. The first-order chi connectivity index (χ1) is 6.96. The van der Waals surface area contributed by atoms with Crippen molar-refractivity contribution in [1.82, 2.24) is 5.32 Å². The zero-order valence-electron chi connectivity index (χ0n) is 9.08. The summed E-state index contributed by atoms with van der Waals surface area (Å²) in [6.45, 7) is 4.11. The monoisotopic (exact) mass is 215 g/mol. The van der Waals surface area contributed by atoms with Gasteiger partial charge in [0.15, 0.2) is 0 Å². The molecule has 0 aliphatic heterocycles. The van der Waals surface area contributed by atoms with Gasteiger partial charge in [-0.05, 0) is 26.7 Å². The second kappa shape index (κ2) is 4.61. The van der Waals surface area contributed by atoms with Crippen molar-refractivity contribution in [3.05, 3.63) is 0 Å². The van der Waals surface area contributed by atoms with Gasteiger partial charge in [0.05, 0.1) is 12.7 Å². The summed E-state index contributed by atoms with van der Waals surface area (Å²) < 4.78 is 5.20. The Kier molecular flexibility index (Phi) is 3.68. The minimum absolute atomic E-state index is 0.0900. The third-order valence-electron chi connectivity index (χ3n) is 2.32. The molecule has 2 N–H and O–H groups in total. The predicted molar refractivity (Wildman–Crippen MR) is 53.4 cm³/mol. The summed E-state index contributed by atoms with van der Waals surface area (Å²) >= 11 is 0. The van der Waals surface area contributed by atoms with Crippen molar-refractivity contribution < 1.29 is 19.4 Å². The molecule has 0 aromatic heterocycles. The Hall–Kier alpha value is -1.10. The Balaban J connectivity index is 2.22. The molecule has 1 aliphatic carbocycles. The fourth-order valence-electron chi connectivity index (χ4n) is 1.23. The number of carbonyl (C=O) groups is 2. The lowest BCUT2D eigenvalue weighted by atomic mass is 10.2. The molecule has 1 aliphatic rings. The first kappa shape index (κ1) is 12.0. The molecular weight excluding hydrogens is 198 g/mol. The number of nitrogens with one attached hydrogen (secondary N) is 1. The molecule has 1 fully saturated rings. The largest absolute Gasteiger partial charge is 0.480 e. The topological polar surface area (TPSA) is 75.6 Å². The fraction of sp³-hybridized carbons (Fsp3) is 0.800. The van der Waals surface area contributed by atoms with Gasteiger partial charge in [0.2, 0.25) is 5.91 Å². The van der Waals surface area contributed by atoms with E-state index >= 15 is 0 Å². The molecule has 0 heterocycles. The lowest BCUT2D eigenvalue weighted by Gasteiger charge is -2.12. The Morgan fingerprint density at radius 2 is 2.07 bits per heavy atom. The van der Waals surface area contributed by atoms with Gasteiger partial charge in [-0.15, -0.1) is 0 Å². The van der Waals surface area contributed by atoms with Crippen LogP contribution < -0.4 is 5.32 Å². The second-order valence-electron chi connectivity index (χ2n) is 4.10. The van der Waals surface area contributed by atoms with Crippen molar-refractivity contribution in [3.8, 4) is 0 Å². The number of ether oxygens (including phenoxy) is 1. The maximum atomic E-state index is 11.3. The van der Waals surface area contributed by atoms with Crippen molar-refractivity contribution in [2.24, 2.45) is 0 Å². The molecule has 0 unspecified atom stereocenters. The Morgan fingerprint density at radius 3 is 2.47 bits per heavy atom. The molecule has 15 heavy (non-hydrogen) atoms. The number of hydrogen-bond acceptors (Lipinski definition) is 3. The highest BCUT2D eigenvalue weighted by Gasteiger charge is 2.51. The van der Waals surface area contributed by atoms with Gasteiger partial charge in [0, 0.05) is 6.42 Å². The highest BCUT2D eigenvalue weighted by atomic mass is 16.5. The van der Waals surface area contributed by atoms with E-state index in [0.29, 0.717) is 19.4 Å². The number of carboxylic acid groups (broad SMARTS) is 1. The summed E-state index contributed by atoms with van der Waals surface area (Å²) in [5.41, 5.74) is -0.977. The Morgan fingerprint density at radius 1 is 1.47 bits per heavy atom. The van der Waals surface area contributed by atoms with E-state index in [1.54, 1.807) is 0 Å². The number of amides is 1. The van der Waals surface area contributed by atoms with Gasteiger partial charge in [-0.1, -0.05) is 0 Å². The van der Waals surface area contributed by atoms with Crippen molar-refractivity contribution >= 4 is 11.9 Å². The van der Waals surface area contributed by atoms with Crippen LogP contribution in [-0.4, -0.2) is 35.2 Å². The predicted octanol–water partition coefficient (Wildman–Crippen LogP) is 0.535. The molecule has 86 valence electrons. The van der Waals surface area contributed by atoms with Crippen LogP contribution in [0.25, 0.3) is 0 Å². The molecule has 0 aromatic rings. The fourth-order valence-corrected chi connectivity index (χ4v) is 1.23. The van der Waals surface area contributed by atoms with Crippen LogP contribution >= 0.6 is 0 Å². The summed E-state index contributed by atoms with van der Waals surface area (Å²) in [4.78, 5) is 22.1. The van der Waals surface area contributed by atoms with Crippen LogP contribution in [0.15, 0.2) is 0 Å². The molecule has 0 aromatic carbocycles. The van der Waals surface area contributed by atoms with Crippen molar-refractivity contribution in [1.29, 1.82) is 0 Å². The van der Waals surface area contributed by atoms with E-state index in [9.17, 15) is 9.59 Å². The highest BCUT2D eigenvalue weighted by molar-refractivity contribution is 5.89. The average molecular weight is 215 g/mol. The molecule has 0 atom stereocenters. The van der Waals surface area contributed by atoms with Crippen LogP contribution in [0, 0.1) is 0 Å². The third kappa shape index (κ3) is 3.51. The summed E-state index contributed by atoms with van der Waals surface area (Å²) in [7, 11) is 0. The molecule has 0 spiro atoms. The maximum Gasteiger partial charge on any atom is 0.329 e. The standard InChI is InChI=1S/C10H17NO4/c1-7(2)15-6-3-8(12)11-10(4-5-10)9(13)14/h7H,3-6H2,1-2H3,(H,11,12)(H,13,14). The molecule has 0 saturated heterocycles. The van der Waals surface area contributed by atoms with Crippen LogP contribution in [0.2, 0.25) is 0 Å². The Labute approximate surface area is 88.8 Å². The SMILES string of the molecule is CC(C)OCCC(=O)NC1(C(=O)O)CC1. The van der Waals surface area contributed by atoms with Crippen LogP contribution in [0.4, 0.5) is 0 Å². The average Bonchev–Trinajstić information content (AvgIpc) is 2.84. The van der Waals surface area contributed by atoms with E-state index in [-0.39, 0.29) is 18.4 Å². The number of carbonyl (C=O) groups excluding carboxylic acids is 1. The van der Waals surface area contributed by atoms with Crippen molar-refractivity contribution in [3.63, 3.8) is 0 Å². The summed E-state index contributed by atoms with van der Waals surface area (Å²) in [5, 5.41) is 11.3. The second-order valence-corrected chi connectivity index (χ2v) is 4.10. The summed E-state index contributed by atoms with van der Waals surface area (Å²) in [6.07, 6.45) is 1.36. The van der Waals surface area contributed by atoms with E-state index in [1.165, 1.54) is 0 Å². The third-order valence-corrected chi connectivity index (χ3v) is 2.32. The lowest BCUT2D eigenvalue weighted by molar-refractivity contribution is -0.143. The van der Waals surface area contributed by atoms with Crippen LogP contribution in [0.5, 0.6) is 0 Å². The molecular formula is C10H17NO4. The van der Waals surface area contributed by atoms with E-state index in [4.69, 9.17) is 9.84 Å². The quantitative estimate of drug-likeness (QED) is 0.678. The lowest BCUT2D eigenvalue weighted by Crippen LogP contribution is -2.43. The van der Waals surface area contributed by atoms with E-state index in [2.05, 4.69) is 5.32 Å². The maximum absolute atomic E-state index is 11.3. The number of hydrogen-bond donors (Lipinski definition) is 2. The smallest absolute Gasteiger partial charge is 0.329 e. The van der Waals surface area contributed by atoms with Crippen LogP contribution in [0.3, 0.4) is 0 Å². The first-order valence-corrected chi connectivity index (χ1v) is 5.12. The minimum atomic E-state index is -0.977. The molecule has 5 nitrogen and oxygen atoms in total. The van der Waals surface area contributed by atoms with Gasteiger partial charge >= 0.3 is 5.97 Å². The van der Waals surface area contributed by atoms with Crippen LogP contribution in [0.1, 0.15) is 33.1 Å². The Bertz CT molecular complexity index is 258. The molecule has 0 radical (unpaired) electrons. The van der Waals surface area contributed by atoms with Gasteiger partial charge in [0.25, 0.3) is 0 Å². The first-order valence-electron chi connectivity index (χ1n) is 5.12. The van der Waals surface area contributed by atoms with Gasteiger partial charge < -0.3 is 15.2 Å².